The minimum Gasteiger partial charge on any atom is -0.496 e. The van der Waals surface area contributed by atoms with Crippen molar-refractivity contribution in [3.63, 3.8) is 0 Å². The number of hydrogen-bond donors (Lipinski definition) is 1. The van der Waals surface area contributed by atoms with E-state index in [9.17, 15) is 24.0 Å². The maximum atomic E-state index is 16.1. The molecule has 0 aliphatic carbocycles. The standard InChI is InChI=1S/C41H37F2N7O7/c1-46(2)34-17-24-25(18-44-34)38(53)47(3)19-26(24)22-15-32(56-5)27(33(16-22)57-6)20-49-29-11-10-21(14-28(29)41(42,43)39(49)54)23-8-7-9-30-36(23)48(4)40(55)50(30)31-12-13-35(51)45-37(31)52/h7-11,14-19,31H,12-13,20H2,1-6H3,(H,45,51,52). The van der Waals surface area contributed by atoms with Crippen molar-refractivity contribution in [1.29, 1.82) is 0 Å². The number of pyridine rings is 2. The summed E-state index contributed by atoms with van der Waals surface area (Å²) in [4.78, 5) is 72.0. The molecular weight excluding hydrogens is 740 g/mol. The minimum absolute atomic E-state index is 0.0168. The van der Waals surface area contributed by atoms with Crippen LogP contribution < -0.4 is 35.8 Å². The maximum absolute atomic E-state index is 16.1. The van der Waals surface area contributed by atoms with Crippen molar-refractivity contribution in [2.75, 3.05) is 38.1 Å². The molecule has 1 N–H and O–H groups in total. The first-order valence-corrected chi connectivity index (χ1v) is 18.0. The van der Waals surface area contributed by atoms with Crippen molar-refractivity contribution in [3.8, 4) is 33.8 Å². The Morgan fingerprint density at radius 2 is 1.63 bits per heavy atom. The number of ether oxygens (including phenoxy) is 2. The monoisotopic (exact) mass is 777 g/mol. The molecule has 3 amide bonds. The van der Waals surface area contributed by atoms with E-state index >= 15 is 8.78 Å². The van der Waals surface area contributed by atoms with Gasteiger partial charge in [-0.1, -0.05) is 18.2 Å². The van der Waals surface area contributed by atoms with E-state index in [1.165, 1.54) is 53.3 Å². The number of methoxy groups -OCH3 is 2. The lowest BCUT2D eigenvalue weighted by Gasteiger charge is -2.22. The summed E-state index contributed by atoms with van der Waals surface area (Å²) in [6.07, 6.45) is 3.42. The Balaban J connectivity index is 1.20. The Morgan fingerprint density at radius 3 is 2.30 bits per heavy atom. The van der Waals surface area contributed by atoms with Crippen molar-refractivity contribution in [1.82, 2.24) is 24.0 Å². The molecule has 292 valence electrons. The number of carbonyl (C=O) groups excluding carboxylic acids is 3. The summed E-state index contributed by atoms with van der Waals surface area (Å²) in [7, 11) is 9.69. The molecule has 1 unspecified atom stereocenters. The molecule has 0 bridgehead atoms. The van der Waals surface area contributed by atoms with Gasteiger partial charge in [0.05, 0.1) is 54.0 Å². The van der Waals surface area contributed by atoms with Crippen molar-refractivity contribution >= 4 is 51.0 Å². The third-order valence-electron chi connectivity index (χ3n) is 10.8. The zero-order valence-corrected chi connectivity index (χ0v) is 31.8. The molecule has 3 aromatic carbocycles. The van der Waals surface area contributed by atoms with E-state index in [0.29, 0.717) is 55.4 Å². The molecule has 16 heteroatoms. The second kappa shape index (κ2) is 13.4. The van der Waals surface area contributed by atoms with Crippen LogP contribution >= 0.6 is 0 Å². The highest BCUT2D eigenvalue weighted by Gasteiger charge is 2.53. The number of aryl methyl sites for hydroxylation is 2. The number of halogens is 2. The molecule has 14 nitrogen and oxygen atoms in total. The third-order valence-corrected chi connectivity index (χ3v) is 10.8. The van der Waals surface area contributed by atoms with Crippen LogP contribution in [0.15, 0.2) is 76.6 Å². The summed E-state index contributed by atoms with van der Waals surface area (Å²) < 4.78 is 47.9. The van der Waals surface area contributed by atoms with Crippen LogP contribution in [0, 0.1) is 0 Å². The number of para-hydroxylation sites is 1. The van der Waals surface area contributed by atoms with Crippen molar-refractivity contribution in [3.05, 3.63) is 99.0 Å². The first-order valence-electron chi connectivity index (χ1n) is 18.0. The number of imidazole rings is 1. The van der Waals surface area contributed by atoms with Crippen LogP contribution in [0.4, 0.5) is 20.3 Å². The topological polar surface area (TPSA) is 150 Å². The Labute approximate surface area is 323 Å². The fourth-order valence-corrected chi connectivity index (χ4v) is 7.92. The number of alkyl halides is 2. The van der Waals surface area contributed by atoms with Gasteiger partial charge < -0.3 is 23.8 Å². The predicted octanol–water partition coefficient (Wildman–Crippen LogP) is 4.62. The van der Waals surface area contributed by atoms with Gasteiger partial charge in [0.2, 0.25) is 11.8 Å². The van der Waals surface area contributed by atoms with Gasteiger partial charge in [-0.25, -0.2) is 9.78 Å². The molecule has 1 saturated heterocycles. The number of aromatic nitrogens is 4. The van der Waals surface area contributed by atoms with E-state index in [2.05, 4.69) is 10.3 Å². The van der Waals surface area contributed by atoms with Gasteiger partial charge in [-0.3, -0.25) is 33.6 Å². The second-order valence-electron chi connectivity index (χ2n) is 14.4. The Morgan fingerprint density at radius 1 is 0.912 bits per heavy atom. The van der Waals surface area contributed by atoms with Gasteiger partial charge in [-0.05, 0) is 53.9 Å². The number of rotatable bonds is 8. The molecule has 57 heavy (non-hydrogen) atoms. The summed E-state index contributed by atoms with van der Waals surface area (Å²) in [5.41, 5.74) is 1.88. The summed E-state index contributed by atoms with van der Waals surface area (Å²) in [5, 5.41) is 3.31. The predicted molar refractivity (Wildman–Crippen MR) is 209 cm³/mol. The first-order chi connectivity index (χ1) is 27.2. The molecule has 2 aliphatic heterocycles. The number of nitrogens with one attached hydrogen (secondary N) is 1. The van der Waals surface area contributed by atoms with Gasteiger partial charge in [-0.15, -0.1) is 0 Å². The number of imide groups is 1. The molecule has 2 aliphatic rings. The van der Waals surface area contributed by atoms with Crippen molar-refractivity contribution in [2.45, 2.75) is 31.4 Å². The largest absolute Gasteiger partial charge is 0.496 e. The molecule has 0 saturated carbocycles. The second-order valence-corrected chi connectivity index (χ2v) is 14.4. The fourth-order valence-electron chi connectivity index (χ4n) is 7.92. The lowest BCUT2D eigenvalue weighted by molar-refractivity contribution is -0.141. The molecule has 6 aromatic rings. The Hall–Kier alpha value is -6.84. The highest BCUT2D eigenvalue weighted by atomic mass is 19.3. The lowest BCUT2D eigenvalue weighted by Crippen LogP contribution is -2.44. The molecule has 3 aromatic heterocycles. The summed E-state index contributed by atoms with van der Waals surface area (Å²) in [6, 6.07) is 13.6. The van der Waals surface area contributed by atoms with Gasteiger partial charge >= 0.3 is 17.5 Å². The lowest BCUT2D eigenvalue weighted by atomic mass is 9.98. The molecule has 1 atom stereocenters. The number of benzene rings is 3. The van der Waals surface area contributed by atoms with Crippen LogP contribution in [0.3, 0.4) is 0 Å². The number of piperidine rings is 1. The van der Waals surface area contributed by atoms with Crippen LogP contribution in [0.1, 0.15) is 30.0 Å². The summed E-state index contributed by atoms with van der Waals surface area (Å²) in [6.45, 7) is -0.324. The summed E-state index contributed by atoms with van der Waals surface area (Å²) >= 11 is 0. The Bertz CT molecular complexity index is 2820. The average molecular weight is 778 g/mol. The highest BCUT2D eigenvalue weighted by molar-refractivity contribution is 6.07. The van der Waals surface area contributed by atoms with Crippen molar-refractivity contribution in [2.24, 2.45) is 14.1 Å². The van der Waals surface area contributed by atoms with E-state index in [1.54, 1.807) is 49.6 Å². The van der Waals surface area contributed by atoms with E-state index < -0.39 is 40.9 Å². The maximum Gasteiger partial charge on any atom is 0.352 e. The fraction of sp³-hybridized carbons (Fsp3) is 0.268. The Kier molecular flexibility index (Phi) is 8.74. The molecule has 0 spiro atoms. The van der Waals surface area contributed by atoms with Gasteiger partial charge in [0.15, 0.2) is 0 Å². The SMILES string of the molecule is COc1cc(-c2cn(C)c(=O)c3cnc(N(C)C)cc23)cc(OC)c1CN1C(=O)C(F)(F)c2cc(-c3cccc4c3n(C)c(=O)n4C3CCC(=O)NC3=O)ccc21. The molecular formula is C41H37F2N7O7. The van der Waals surface area contributed by atoms with Crippen molar-refractivity contribution < 1.29 is 32.6 Å². The highest BCUT2D eigenvalue weighted by Crippen LogP contribution is 2.48. The zero-order valence-electron chi connectivity index (χ0n) is 31.8. The van der Waals surface area contributed by atoms with Gasteiger partial charge in [0.1, 0.15) is 23.4 Å². The average Bonchev–Trinajstić information content (AvgIpc) is 3.56. The minimum atomic E-state index is -3.91. The van der Waals surface area contributed by atoms with E-state index in [0.717, 1.165) is 4.90 Å². The van der Waals surface area contributed by atoms with Gasteiger partial charge in [0, 0.05) is 63.5 Å². The van der Waals surface area contributed by atoms with E-state index in [1.807, 2.05) is 25.1 Å². The number of nitrogens with zero attached hydrogens (tertiary/aromatic N) is 6. The number of amides is 3. The smallest absolute Gasteiger partial charge is 0.352 e. The normalized spacial score (nSPS) is 16.3. The first kappa shape index (κ1) is 37.1. The van der Waals surface area contributed by atoms with Crippen LogP contribution in [0.2, 0.25) is 0 Å². The van der Waals surface area contributed by atoms with Crippen LogP contribution in [0.25, 0.3) is 44.1 Å². The van der Waals surface area contributed by atoms with Crippen LogP contribution in [-0.2, 0) is 40.9 Å². The molecule has 1 fully saturated rings. The van der Waals surface area contributed by atoms with Gasteiger partial charge in [0.25, 0.3) is 5.56 Å². The summed E-state index contributed by atoms with van der Waals surface area (Å²) in [5.74, 6) is -5.20. The molecule has 5 heterocycles. The molecule has 0 radical (unpaired) electrons. The number of carbonyl (C=O) groups is 3. The number of anilines is 2. The zero-order chi connectivity index (χ0) is 40.7. The van der Waals surface area contributed by atoms with E-state index in [4.69, 9.17) is 9.47 Å². The van der Waals surface area contributed by atoms with E-state index in [-0.39, 0.29) is 42.1 Å². The van der Waals surface area contributed by atoms with Crippen LogP contribution in [-0.4, -0.2) is 64.7 Å². The number of hydrogen-bond acceptors (Lipinski definition) is 9. The van der Waals surface area contributed by atoms with Crippen LogP contribution in [0.5, 0.6) is 11.5 Å². The third kappa shape index (κ3) is 5.73. The quantitative estimate of drug-likeness (QED) is 0.219. The number of fused-ring (bicyclic) bond motifs is 3. The molecule has 8 rings (SSSR count). The van der Waals surface area contributed by atoms with Gasteiger partial charge in [-0.2, -0.15) is 8.78 Å².